The predicted molar refractivity (Wildman–Crippen MR) is 48.7 cm³/mol. The van der Waals surface area contributed by atoms with Crippen molar-refractivity contribution in [2.24, 2.45) is 0 Å². The maximum absolute atomic E-state index is 10.6. The molecule has 0 aromatic rings. The molecule has 1 N–H and O–H groups in total. The molecule has 0 spiro atoms. The molecule has 13 heavy (non-hydrogen) atoms. The van der Waals surface area contributed by atoms with Crippen LogP contribution >= 0.6 is 0 Å². The largest absolute Gasteiger partial charge is 0.303 e. The fourth-order valence-corrected chi connectivity index (χ4v) is 0.771. The van der Waals surface area contributed by atoms with Crippen LogP contribution in [0.2, 0.25) is 0 Å². The lowest BCUT2D eigenvalue weighted by Crippen LogP contribution is -1.98. The first-order chi connectivity index (χ1) is 6.00. The third kappa shape index (κ3) is 5.37. The van der Waals surface area contributed by atoms with Crippen molar-refractivity contribution in [3.63, 3.8) is 0 Å². The van der Waals surface area contributed by atoms with E-state index >= 15 is 0 Å². The number of hydrogen-bond acceptors (Lipinski definition) is 3. The van der Waals surface area contributed by atoms with Gasteiger partial charge in [-0.25, -0.2) is 8.42 Å². The van der Waals surface area contributed by atoms with E-state index in [1.54, 1.807) is 4.90 Å². The highest BCUT2D eigenvalue weighted by Gasteiger charge is 2.35. The lowest BCUT2D eigenvalue weighted by atomic mass is 10.3. The molecule has 6 heteroatoms. The van der Waals surface area contributed by atoms with Crippen molar-refractivity contribution in [2.75, 3.05) is 6.54 Å². The Kier molecular flexibility index (Phi) is 5.33. The summed E-state index contributed by atoms with van der Waals surface area (Å²) >= 11 is 0. The molecule has 1 saturated heterocycles. The highest BCUT2D eigenvalue weighted by molar-refractivity contribution is 7.66. The number of rotatable bonds is 3. The van der Waals surface area contributed by atoms with E-state index in [1.165, 1.54) is 0 Å². The SMILES string of the molecule is C=C1C(=O)N1CCCC.O=[SH](=O)O. The third-order valence-electron chi connectivity index (χ3n) is 1.50. The van der Waals surface area contributed by atoms with Gasteiger partial charge in [0.2, 0.25) is 0 Å². The Morgan fingerprint density at radius 2 is 1.92 bits per heavy atom. The molecule has 0 unspecified atom stereocenters. The molecule has 1 fully saturated rings. The van der Waals surface area contributed by atoms with Crippen LogP contribution in [-0.2, 0) is 15.8 Å². The van der Waals surface area contributed by atoms with Crippen molar-refractivity contribution >= 4 is 16.9 Å². The monoisotopic (exact) mass is 207 g/mol. The van der Waals surface area contributed by atoms with Crippen molar-refractivity contribution in [3.05, 3.63) is 12.3 Å². The van der Waals surface area contributed by atoms with Crippen molar-refractivity contribution in [3.8, 4) is 0 Å². The van der Waals surface area contributed by atoms with Crippen molar-refractivity contribution in [1.82, 2.24) is 4.90 Å². The molecule has 76 valence electrons. The third-order valence-corrected chi connectivity index (χ3v) is 1.50. The first kappa shape index (κ1) is 12.1. The maximum Gasteiger partial charge on any atom is 0.274 e. The van der Waals surface area contributed by atoms with Crippen LogP contribution in [0.25, 0.3) is 0 Å². The second kappa shape index (κ2) is 5.71. The molecule has 1 rings (SSSR count). The molecule has 0 atom stereocenters. The zero-order valence-electron chi connectivity index (χ0n) is 7.39. The van der Waals surface area contributed by atoms with Gasteiger partial charge in [-0.3, -0.25) is 9.35 Å². The molecule has 0 aromatic heterocycles. The minimum Gasteiger partial charge on any atom is -0.303 e. The van der Waals surface area contributed by atoms with E-state index in [2.05, 4.69) is 13.5 Å². The summed E-state index contributed by atoms with van der Waals surface area (Å²) in [6, 6.07) is 0. The minimum absolute atomic E-state index is 0.128. The fourth-order valence-electron chi connectivity index (χ4n) is 0.771. The molecule has 0 radical (unpaired) electrons. The first-order valence-electron chi connectivity index (χ1n) is 3.84. The number of hydrogen-bond donors (Lipinski definition) is 2. The molecular formula is C7H13NO4S. The average Bonchev–Trinajstić information content (AvgIpc) is 2.56. The lowest BCUT2D eigenvalue weighted by molar-refractivity contribution is -0.113. The number of nitrogens with zero attached hydrogens (tertiary/aromatic N) is 1. The lowest BCUT2D eigenvalue weighted by Gasteiger charge is -1.93. The Labute approximate surface area is 78.8 Å². The maximum atomic E-state index is 10.6. The quantitative estimate of drug-likeness (QED) is 0.300. The second-order valence-corrected chi connectivity index (χ2v) is 2.97. The molecular weight excluding hydrogens is 194 g/mol. The van der Waals surface area contributed by atoms with E-state index in [0.717, 1.165) is 19.4 Å². The molecule has 1 aliphatic heterocycles. The molecule has 1 amide bonds. The molecule has 1 heterocycles. The number of carbonyl (C=O) groups excluding carboxylic acids is 1. The Morgan fingerprint density at radius 3 is 2.15 bits per heavy atom. The molecule has 1 aliphatic rings. The Balaban J connectivity index is 0.000000310. The Morgan fingerprint density at radius 1 is 1.54 bits per heavy atom. The summed E-state index contributed by atoms with van der Waals surface area (Å²) in [7, 11) is -3.12. The topological polar surface area (TPSA) is 74.5 Å². The molecule has 5 nitrogen and oxygen atoms in total. The van der Waals surface area contributed by atoms with Gasteiger partial charge in [0.1, 0.15) is 5.70 Å². The van der Waals surface area contributed by atoms with Gasteiger partial charge in [0.05, 0.1) is 0 Å². The van der Waals surface area contributed by atoms with Gasteiger partial charge in [-0.1, -0.05) is 19.9 Å². The number of carbonyl (C=O) groups is 1. The van der Waals surface area contributed by atoms with Gasteiger partial charge < -0.3 is 4.90 Å². The van der Waals surface area contributed by atoms with E-state index in [0.29, 0.717) is 5.70 Å². The van der Waals surface area contributed by atoms with Crippen LogP contribution in [-0.4, -0.2) is 30.3 Å². The number of amides is 1. The summed E-state index contributed by atoms with van der Waals surface area (Å²) in [6.07, 6.45) is 2.22. The molecule has 0 bridgehead atoms. The van der Waals surface area contributed by atoms with Gasteiger partial charge in [0.15, 0.2) is 0 Å². The van der Waals surface area contributed by atoms with Crippen LogP contribution in [0.4, 0.5) is 0 Å². The highest BCUT2D eigenvalue weighted by atomic mass is 32.2. The summed E-state index contributed by atoms with van der Waals surface area (Å²) in [5, 5.41) is 0. The second-order valence-electron chi connectivity index (χ2n) is 2.49. The summed E-state index contributed by atoms with van der Waals surface area (Å²) < 4.78 is 24.2. The molecule has 0 aromatic carbocycles. The van der Waals surface area contributed by atoms with Gasteiger partial charge in [0, 0.05) is 6.54 Å². The summed E-state index contributed by atoms with van der Waals surface area (Å²) in [6.45, 7) is 6.54. The molecule has 0 aliphatic carbocycles. The fraction of sp³-hybridized carbons (Fsp3) is 0.571. The Hall–Kier alpha value is -0.880. The van der Waals surface area contributed by atoms with Gasteiger partial charge in [-0.15, -0.1) is 0 Å². The summed E-state index contributed by atoms with van der Waals surface area (Å²) in [5.41, 5.74) is 0.684. The number of unbranched alkanes of at least 4 members (excludes halogenated alkanes) is 1. The van der Waals surface area contributed by atoms with Gasteiger partial charge in [-0.2, -0.15) is 0 Å². The van der Waals surface area contributed by atoms with E-state index in [1.807, 2.05) is 0 Å². The summed E-state index contributed by atoms with van der Waals surface area (Å²) in [4.78, 5) is 12.3. The van der Waals surface area contributed by atoms with E-state index in [9.17, 15) is 4.79 Å². The van der Waals surface area contributed by atoms with Crippen LogP contribution in [0.15, 0.2) is 12.3 Å². The van der Waals surface area contributed by atoms with Gasteiger partial charge in [0.25, 0.3) is 16.9 Å². The zero-order valence-corrected chi connectivity index (χ0v) is 8.29. The number of thiol groups is 1. The smallest absolute Gasteiger partial charge is 0.274 e. The van der Waals surface area contributed by atoms with Crippen LogP contribution in [0.3, 0.4) is 0 Å². The first-order valence-corrected chi connectivity index (χ1v) is 4.97. The van der Waals surface area contributed by atoms with Crippen molar-refractivity contribution in [1.29, 1.82) is 0 Å². The van der Waals surface area contributed by atoms with E-state index < -0.39 is 11.0 Å². The van der Waals surface area contributed by atoms with Crippen molar-refractivity contribution in [2.45, 2.75) is 19.8 Å². The van der Waals surface area contributed by atoms with Crippen LogP contribution in [0.1, 0.15) is 19.8 Å². The highest BCUT2D eigenvalue weighted by Crippen LogP contribution is 2.21. The van der Waals surface area contributed by atoms with Gasteiger partial charge in [-0.05, 0) is 6.42 Å². The van der Waals surface area contributed by atoms with E-state index in [4.69, 9.17) is 13.0 Å². The zero-order chi connectivity index (χ0) is 10.4. The van der Waals surface area contributed by atoms with Crippen molar-refractivity contribution < 1.29 is 17.8 Å². The summed E-state index contributed by atoms with van der Waals surface area (Å²) in [5.74, 6) is 0.128. The van der Waals surface area contributed by atoms with Crippen LogP contribution < -0.4 is 0 Å². The van der Waals surface area contributed by atoms with Crippen LogP contribution in [0.5, 0.6) is 0 Å². The normalized spacial score (nSPS) is 14.2. The van der Waals surface area contributed by atoms with Crippen LogP contribution in [0, 0.1) is 0 Å². The molecule has 0 saturated carbocycles. The minimum atomic E-state index is -3.12. The van der Waals surface area contributed by atoms with Gasteiger partial charge >= 0.3 is 0 Å². The average molecular weight is 207 g/mol. The Bertz CT molecular complexity index is 250. The standard InChI is InChI=1S/C7H11NO.H2O3S/c1-3-4-5-8-6(2)7(8)9;1-4(2)3/h2-5H2,1H3;4H,(H,1,2,3). The predicted octanol–water partition coefficient (Wildman–Crippen LogP) is 0.213. The van der Waals surface area contributed by atoms with E-state index in [-0.39, 0.29) is 5.91 Å².